The molecule has 1 saturated heterocycles. The van der Waals surface area contributed by atoms with Gasteiger partial charge < -0.3 is 20.3 Å². The third-order valence-electron chi connectivity index (χ3n) is 4.51. The summed E-state index contributed by atoms with van der Waals surface area (Å²) in [4.78, 5) is 26.0. The maximum Gasteiger partial charge on any atom is 0.309 e. The van der Waals surface area contributed by atoms with Crippen LogP contribution in [-0.4, -0.2) is 44.7 Å². The third kappa shape index (κ3) is 5.82. The van der Waals surface area contributed by atoms with Crippen molar-refractivity contribution >= 4 is 17.5 Å². The summed E-state index contributed by atoms with van der Waals surface area (Å²) in [5.41, 5.74) is 3.27. The molecule has 1 heterocycles. The molecule has 1 fully saturated rings. The second-order valence-corrected chi connectivity index (χ2v) is 6.44. The van der Waals surface area contributed by atoms with E-state index in [1.807, 2.05) is 30.3 Å². The standard InChI is InChI=1S/C21H25N3O3/c25-20(21(26)23-16-18-4-2-1-3-5-18)22-11-10-17-6-8-19(9-7-17)24-12-14-27-15-13-24/h1-9H,10-16H2,(H,22,25)(H,23,26). The molecule has 0 unspecified atom stereocenters. The van der Waals surface area contributed by atoms with Gasteiger partial charge in [-0.3, -0.25) is 9.59 Å². The smallest absolute Gasteiger partial charge is 0.309 e. The molecule has 0 saturated carbocycles. The van der Waals surface area contributed by atoms with E-state index in [0.29, 0.717) is 19.5 Å². The Balaban J connectivity index is 1.38. The summed E-state index contributed by atoms with van der Waals surface area (Å²) in [5, 5.41) is 5.29. The fraction of sp³-hybridized carbons (Fsp3) is 0.333. The van der Waals surface area contributed by atoms with Gasteiger partial charge in [0.25, 0.3) is 0 Å². The van der Waals surface area contributed by atoms with Crippen LogP contribution in [0.15, 0.2) is 54.6 Å². The first kappa shape index (κ1) is 18.9. The lowest BCUT2D eigenvalue weighted by molar-refractivity contribution is -0.139. The van der Waals surface area contributed by atoms with Crippen LogP contribution in [0.1, 0.15) is 11.1 Å². The number of nitrogens with one attached hydrogen (secondary N) is 2. The van der Waals surface area contributed by atoms with E-state index in [9.17, 15) is 9.59 Å². The first-order chi connectivity index (χ1) is 13.2. The zero-order valence-corrected chi connectivity index (χ0v) is 15.3. The molecule has 27 heavy (non-hydrogen) atoms. The van der Waals surface area contributed by atoms with E-state index < -0.39 is 11.8 Å². The van der Waals surface area contributed by atoms with Gasteiger partial charge in [0.15, 0.2) is 0 Å². The Morgan fingerprint density at radius 2 is 1.52 bits per heavy atom. The molecule has 0 spiro atoms. The molecular weight excluding hydrogens is 342 g/mol. The Morgan fingerprint density at radius 1 is 0.852 bits per heavy atom. The lowest BCUT2D eigenvalue weighted by Crippen LogP contribution is -2.40. The third-order valence-corrected chi connectivity index (χ3v) is 4.51. The maximum absolute atomic E-state index is 11.9. The fourth-order valence-corrected chi connectivity index (χ4v) is 2.95. The minimum atomic E-state index is -0.610. The molecule has 2 amide bonds. The highest BCUT2D eigenvalue weighted by Crippen LogP contribution is 2.16. The van der Waals surface area contributed by atoms with E-state index >= 15 is 0 Å². The molecule has 0 bridgehead atoms. The van der Waals surface area contributed by atoms with Gasteiger partial charge in [0.2, 0.25) is 0 Å². The number of nitrogens with zero attached hydrogens (tertiary/aromatic N) is 1. The highest BCUT2D eigenvalue weighted by atomic mass is 16.5. The zero-order valence-electron chi connectivity index (χ0n) is 15.3. The lowest BCUT2D eigenvalue weighted by Gasteiger charge is -2.28. The van der Waals surface area contributed by atoms with E-state index in [4.69, 9.17) is 4.74 Å². The van der Waals surface area contributed by atoms with Gasteiger partial charge >= 0.3 is 11.8 Å². The number of anilines is 1. The number of ether oxygens (including phenoxy) is 1. The second-order valence-electron chi connectivity index (χ2n) is 6.44. The van der Waals surface area contributed by atoms with Crippen LogP contribution in [0, 0.1) is 0 Å². The van der Waals surface area contributed by atoms with Crippen molar-refractivity contribution in [3.8, 4) is 0 Å². The van der Waals surface area contributed by atoms with Gasteiger partial charge in [0.1, 0.15) is 0 Å². The summed E-state index contributed by atoms with van der Waals surface area (Å²) in [5.74, 6) is -1.21. The van der Waals surface area contributed by atoms with Crippen LogP contribution in [0.25, 0.3) is 0 Å². The molecule has 6 heteroatoms. The van der Waals surface area contributed by atoms with Crippen molar-refractivity contribution < 1.29 is 14.3 Å². The van der Waals surface area contributed by atoms with Crippen LogP contribution in [-0.2, 0) is 27.3 Å². The number of hydrogen-bond acceptors (Lipinski definition) is 4. The van der Waals surface area contributed by atoms with Crippen molar-refractivity contribution in [3.63, 3.8) is 0 Å². The van der Waals surface area contributed by atoms with Gasteiger partial charge in [-0.2, -0.15) is 0 Å². The number of amides is 2. The number of carbonyl (C=O) groups is 2. The summed E-state index contributed by atoms with van der Waals surface area (Å²) >= 11 is 0. The molecule has 2 aromatic carbocycles. The minimum absolute atomic E-state index is 0.343. The monoisotopic (exact) mass is 367 g/mol. The number of rotatable bonds is 6. The molecule has 2 N–H and O–H groups in total. The van der Waals surface area contributed by atoms with Crippen LogP contribution in [0.4, 0.5) is 5.69 Å². The van der Waals surface area contributed by atoms with Crippen molar-refractivity contribution in [2.24, 2.45) is 0 Å². The van der Waals surface area contributed by atoms with E-state index in [-0.39, 0.29) is 0 Å². The maximum atomic E-state index is 11.9. The van der Waals surface area contributed by atoms with Crippen LogP contribution < -0.4 is 15.5 Å². The van der Waals surface area contributed by atoms with Crippen molar-refractivity contribution in [1.29, 1.82) is 0 Å². The largest absolute Gasteiger partial charge is 0.378 e. The average Bonchev–Trinajstić information content (AvgIpc) is 2.74. The number of carbonyl (C=O) groups excluding carboxylic acids is 2. The summed E-state index contributed by atoms with van der Waals surface area (Å²) in [6.07, 6.45) is 0.682. The number of morpholine rings is 1. The van der Waals surface area contributed by atoms with Gasteiger partial charge in [-0.05, 0) is 29.7 Å². The molecule has 0 aromatic heterocycles. The lowest BCUT2D eigenvalue weighted by atomic mass is 10.1. The van der Waals surface area contributed by atoms with Crippen LogP contribution in [0.2, 0.25) is 0 Å². The Labute approximate surface area is 159 Å². The Morgan fingerprint density at radius 3 is 2.22 bits per heavy atom. The molecule has 142 valence electrons. The summed E-state index contributed by atoms with van der Waals surface area (Å²) in [6.45, 7) is 4.12. The predicted octanol–water partition coefficient (Wildman–Crippen LogP) is 1.50. The Bertz CT molecular complexity index is 741. The van der Waals surface area contributed by atoms with Gasteiger partial charge in [-0.25, -0.2) is 0 Å². The summed E-state index contributed by atoms with van der Waals surface area (Å²) < 4.78 is 5.37. The van der Waals surface area contributed by atoms with Crippen molar-refractivity contribution in [2.75, 3.05) is 37.7 Å². The van der Waals surface area contributed by atoms with E-state index in [1.54, 1.807) is 0 Å². The number of hydrogen-bond donors (Lipinski definition) is 2. The predicted molar refractivity (Wildman–Crippen MR) is 104 cm³/mol. The van der Waals surface area contributed by atoms with Crippen molar-refractivity contribution in [3.05, 3.63) is 65.7 Å². The van der Waals surface area contributed by atoms with Crippen molar-refractivity contribution in [1.82, 2.24) is 10.6 Å². The van der Waals surface area contributed by atoms with Gasteiger partial charge in [0.05, 0.1) is 13.2 Å². The molecule has 6 nitrogen and oxygen atoms in total. The van der Waals surface area contributed by atoms with Crippen LogP contribution in [0.5, 0.6) is 0 Å². The van der Waals surface area contributed by atoms with Crippen molar-refractivity contribution in [2.45, 2.75) is 13.0 Å². The molecule has 3 rings (SSSR count). The minimum Gasteiger partial charge on any atom is -0.378 e. The van der Waals surface area contributed by atoms with Gasteiger partial charge in [0, 0.05) is 31.9 Å². The first-order valence-corrected chi connectivity index (χ1v) is 9.24. The topological polar surface area (TPSA) is 70.7 Å². The molecule has 0 aliphatic carbocycles. The van der Waals surface area contributed by atoms with Crippen LogP contribution in [0.3, 0.4) is 0 Å². The molecule has 1 aliphatic rings. The Kier molecular flexibility index (Phi) is 6.82. The van der Waals surface area contributed by atoms with Gasteiger partial charge in [-0.1, -0.05) is 42.5 Å². The van der Waals surface area contributed by atoms with E-state index in [1.165, 1.54) is 5.69 Å². The first-order valence-electron chi connectivity index (χ1n) is 9.24. The highest BCUT2D eigenvalue weighted by molar-refractivity contribution is 6.35. The molecule has 1 aliphatic heterocycles. The molecular formula is C21H25N3O3. The highest BCUT2D eigenvalue weighted by Gasteiger charge is 2.13. The zero-order chi connectivity index (χ0) is 18.9. The Hall–Kier alpha value is -2.86. The fourth-order valence-electron chi connectivity index (χ4n) is 2.95. The normalized spacial score (nSPS) is 13.9. The SMILES string of the molecule is O=C(NCCc1ccc(N2CCOCC2)cc1)C(=O)NCc1ccccc1. The average molecular weight is 367 g/mol. The van der Waals surface area contributed by atoms with Gasteiger partial charge in [-0.15, -0.1) is 0 Å². The quantitative estimate of drug-likeness (QED) is 0.759. The second kappa shape index (κ2) is 9.73. The number of benzene rings is 2. The summed E-state index contributed by atoms with van der Waals surface area (Å²) in [7, 11) is 0. The molecule has 0 atom stereocenters. The van der Waals surface area contributed by atoms with Crippen LogP contribution >= 0.6 is 0 Å². The molecule has 2 aromatic rings. The van der Waals surface area contributed by atoms with E-state index in [0.717, 1.165) is 37.4 Å². The molecule has 0 radical (unpaired) electrons. The van der Waals surface area contributed by atoms with E-state index in [2.05, 4.69) is 39.8 Å². The summed E-state index contributed by atoms with van der Waals surface area (Å²) in [6, 6.07) is 17.8.